The van der Waals surface area contributed by atoms with Gasteiger partial charge in [-0.25, -0.2) is 4.90 Å². The smallest absolute Gasteiger partial charge is 0.263 e. The van der Waals surface area contributed by atoms with Gasteiger partial charge in [-0.1, -0.05) is 30.3 Å². The SMILES string of the molecule is CCc1ccc(N2C(=O)[C@H]3N=NN(CC(=O)Nc4cccc(SC)c4)[C@@H]3C2=O)cc1. The second-order valence-electron chi connectivity index (χ2n) is 7.00. The van der Waals surface area contributed by atoms with Crippen molar-refractivity contribution in [1.29, 1.82) is 0 Å². The predicted octanol–water partition coefficient (Wildman–Crippen LogP) is 2.90. The van der Waals surface area contributed by atoms with Crippen LogP contribution in [0.3, 0.4) is 0 Å². The van der Waals surface area contributed by atoms with Gasteiger partial charge in [0, 0.05) is 10.6 Å². The fraction of sp³-hybridized carbons (Fsp3) is 0.286. The molecule has 3 amide bonds. The van der Waals surface area contributed by atoms with Crippen LogP contribution < -0.4 is 10.2 Å². The number of hydrogen-bond acceptors (Lipinski definition) is 7. The summed E-state index contributed by atoms with van der Waals surface area (Å²) in [6.45, 7) is 1.86. The van der Waals surface area contributed by atoms with Gasteiger partial charge in [-0.15, -0.1) is 11.8 Å². The number of benzene rings is 2. The summed E-state index contributed by atoms with van der Waals surface area (Å²) in [4.78, 5) is 40.4. The predicted molar refractivity (Wildman–Crippen MR) is 114 cm³/mol. The van der Waals surface area contributed by atoms with Crippen LogP contribution in [-0.4, -0.2) is 47.6 Å². The number of fused-ring (bicyclic) bond motifs is 1. The lowest BCUT2D eigenvalue weighted by molar-refractivity contribution is -0.123. The van der Waals surface area contributed by atoms with Gasteiger partial charge in [0.1, 0.15) is 6.54 Å². The molecule has 2 aromatic carbocycles. The number of anilines is 2. The first-order chi connectivity index (χ1) is 14.5. The Balaban J connectivity index is 1.46. The van der Waals surface area contributed by atoms with Crippen molar-refractivity contribution >= 4 is 40.9 Å². The van der Waals surface area contributed by atoms with E-state index < -0.39 is 23.9 Å². The summed E-state index contributed by atoms with van der Waals surface area (Å²) in [5, 5.41) is 12.0. The van der Waals surface area contributed by atoms with Crippen molar-refractivity contribution in [3.8, 4) is 0 Å². The molecule has 2 heterocycles. The van der Waals surface area contributed by atoms with Crippen molar-refractivity contribution in [2.24, 2.45) is 10.3 Å². The Morgan fingerprint density at radius 1 is 1.13 bits per heavy atom. The lowest BCUT2D eigenvalue weighted by Crippen LogP contribution is -2.43. The molecule has 4 rings (SSSR count). The summed E-state index contributed by atoms with van der Waals surface area (Å²) in [6, 6.07) is 12.9. The Morgan fingerprint density at radius 2 is 1.90 bits per heavy atom. The zero-order valence-corrected chi connectivity index (χ0v) is 17.4. The molecule has 2 atom stereocenters. The molecule has 0 bridgehead atoms. The van der Waals surface area contributed by atoms with E-state index in [9.17, 15) is 14.4 Å². The molecule has 154 valence electrons. The zero-order valence-electron chi connectivity index (χ0n) is 16.6. The third-order valence-electron chi connectivity index (χ3n) is 5.12. The first kappa shape index (κ1) is 20.1. The number of nitrogens with one attached hydrogen (secondary N) is 1. The van der Waals surface area contributed by atoms with Gasteiger partial charge in [0.2, 0.25) is 5.91 Å². The van der Waals surface area contributed by atoms with Crippen LogP contribution in [0.4, 0.5) is 11.4 Å². The average molecular weight is 423 g/mol. The van der Waals surface area contributed by atoms with Crippen LogP contribution in [0.25, 0.3) is 0 Å². The van der Waals surface area contributed by atoms with E-state index >= 15 is 0 Å². The van der Waals surface area contributed by atoms with Gasteiger partial charge in [-0.3, -0.25) is 19.4 Å². The third kappa shape index (κ3) is 3.68. The Labute approximate surface area is 178 Å². The van der Waals surface area contributed by atoms with Crippen LogP contribution in [-0.2, 0) is 20.8 Å². The standard InChI is InChI=1S/C21H21N5O3S/c1-3-13-7-9-15(10-8-13)26-20(28)18-19(21(26)29)25(24-23-18)12-17(27)22-14-5-4-6-16(11-14)30-2/h4-11,18-19H,3,12H2,1-2H3,(H,22,27)/t18-,19-/m0/s1. The fourth-order valence-corrected chi connectivity index (χ4v) is 4.00. The summed E-state index contributed by atoms with van der Waals surface area (Å²) in [6.07, 6.45) is 2.82. The Morgan fingerprint density at radius 3 is 2.60 bits per heavy atom. The van der Waals surface area contributed by atoms with Gasteiger partial charge < -0.3 is 5.32 Å². The highest BCUT2D eigenvalue weighted by Gasteiger charge is 2.55. The van der Waals surface area contributed by atoms with E-state index in [0.29, 0.717) is 11.4 Å². The van der Waals surface area contributed by atoms with Crippen molar-refractivity contribution in [3.63, 3.8) is 0 Å². The highest BCUT2D eigenvalue weighted by molar-refractivity contribution is 7.98. The largest absolute Gasteiger partial charge is 0.324 e. The second-order valence-corrected chi connectivity index (χ2v) is 7.88. The molecule has 9 heteroatoms. The van der Waals surface area contributed by atoms with Crippen LogP contribution in [0.2, 0.25) is 0 Å². The molecule has 0 aromatic heterocycles. The molecule has 2 aromatic rings. The van der Waals surface area contributed by atoms with E-state index in [1.165, 1.54) is 5.01 Å². The highest BCUT2D eigenvalue weighted by atomic mass is 32.2. The van der Waals surface area contributed by atoms with Gasteiger partial charge in [0.25, 0.3) is 11.8 Å². The van der Waals surface area contributed by atoms with Gasteiger partial charge in [-0.05, 0) is 48.6 Å². The number of amides is 3. The summed E-state index contributed by atoms with van der Waals surface area (Å²) < 4.78 is 0. The summed E-state index contributed by atoms with van der Waals surface area (Å²) in [7, 11) is 0. The molecule has 2 aliphatic heterocycles. The van der Waals surface area contributed by atoms with Crippen LogP contribution in [0.5, 0.6) is 0 Å². The zero-order chi connectivity index (χ0) is 21.3. The Kier molecular flexibility index (Phi) is 5.54. The van der Waals surface area contributed by atoms with Crippen molar-refractivity contribution in [2.45, 2.75) is 30.3 Å². The number of carbonyl (C=O) groups excluding carboxylic acids is 3. The van der Waals surface area contributed by atoms with Gasteiger partial charge in [0.05, 0.1) is 5.69 Å². The maximum Gasteiger partial charge on any atom is 0.263 e. The van der Waals surface area contributed by atoms with Crippen LogP contribution in [0.15, 0.2) is 63.8 Å². The number of imide groups is 1. The van der Waals surface area contributed by atoms with E-state index in [1.807, 2.05) is 43.5 Å². The Hall–Kier alpha value is -3.20. The van der Waals surface area contributed by atoms with Crippen molar-refractivity contribution < 1.29 is 14.4 Å². The first-order valence-corrected chi connectivity index (χ1v) is 10.8. The molecule has 1 saturated heterocycles. The van der Waals surface area contributed by atoms with Crippen LogP contribution in [0, 0.1) is 0 Å². The second kappa shape index (κ2) is 8.27. The summed E-state index contributed by atoms with van der Waals surface area (Å²) in [5.41, 5.74) is 2.28. The third-order valence-corrected chi connectivity index (χ3v) is 5.85. The average Bonchev–Trinajstić information content (AvgIpc) is 3.27. The molecular formula is C21H21N5O3S. The minimum Gasteiger partial charge on any atom is -0.324 e. The number of carbonyl (C=O) groups is 3. The monoisotopic (exact) mass is 423 g/mol. The molecule has 0 aliphatic carbocycles. The number of aryl methyl sites for hydroxylation is 1. The molecule has 2 aliphatic rings. The lowest BCUT2D eigenvalue weighted by Gasteiger charge is -2.20. The maximum atomic E-state index is 13.0. The van der Waals surface area contributed by atoms with Crippen molar-refractivity contribution in [2.75, 3.05) is 23.0 Å². The molecule has 8 nitrogen and oxygen atoms in total. The molecule has 1 fully saturated rings. The number of thioether (sulfide) groups is 1. The van der Waals surface area contributed by atoms with Crippen molar-refractivity contribution in [3.05, 3.63) is 54.1 Å². The summed E-state index contributed by atoms with van der Waals surface area (Å²) >= 11 is 1.57. The quantitative estimate of drug-likeness (QED) is 0.569. The topological polar surface area (TPSA) is 94.4 Å². The number of rotatable bonds is 6. The maximum absolute atomic E-state index is 13.0. The Bertz CT molecular complexity index is 1020. The molecule has 0 radical (unpaired) electrons. The van der Waals surface area contributed by atoms with Crippen LogP contribution in [0.1, 0.15) is 12.5 Å². The fourth-order valence-electron chi connectivity index (χ4n) is 3.54. The van der Waals surface area contributed by atoms with E-state index in [4.69, 9.17) is 0 Å². The van der Waals surface area contributed by atoms with E-state index in [-0.39, 0.29) is 12.5 Å². The minimum atomic E-state index is -0.920. The molecular weight excluding hydrogens is 402 g/mol. The first-order valence-electron chi connectivity index (χ1n) is 9.60. The highest BCUT2D eigenvalue weighted by Crippen LogP contribution is 2.32. The summed E-state index contributed by atoms with van der Waals surface area (Å²) in [5.74, 6) is -1.18. The number of hydrogen-bond donors (Lipinski definition) is 1. The number of nitrogens with zero attached hydrogens (tertiary/aromatic N) is 4. The van der Waals surface area contributed by atoms with E-state index in [1.54, 1.807) is 30.0 Å². The van der Waals surface area contributed by atoms with Crippen LogP contribution >= 0.6 is 11.8 Å². The van der Waals surface area contributed by atoms with Crippen molar-refractivity contribution in [1.82, 2.24) is 5.01 Å². The molecule has 0 saturated carbocycles. The van der Waals surface area contributed by atoms with Gasteiger partial charge >= 0.3 is 0 Å². The van der Waals surface area contributed by atoms with Gasteiger partial charge in [-0.2, -0.15) is 5.11 Å². The lowest BCUT2D eigenvalue weighted by atomic mass is 10.1. The van der Waals surface area contributed by atoms with Gasteiger partial charge in [0.15, 0.2) is 12.1 Å². The molecule has 0 spiro atoms. The molecule has 0 unspecified atom stereocenters. The minimum absolute atomic E-state index is 0.171. The molecule has 1 N–H and O–H groups in total. The molecule has 30 heavy (non-hydrogen) atoms. The van der Waals surface area contributed by atoms with E-state index in [2.05, 4.69) is 15.7 Å². The normalized spacial score (nSPS) is 20.1. The van der Waals surface area contributed by atoms with E-state index in [0.717, 1.165) is 21.8 Å².